The molecule has 0 aliphatic rings. The van der Waals surface area contributed by atoms with Gasteiger partial charge in [0.1, 0.15) is 5.75 Å². The zero-order valence-electron chi connectivity index (χ0n) is 10.6. The third-order valence-electron chi connectivity index (χ3n) is 2.73. The molecule has 3 nitrogen and oxygen atoms in total. The van der Waals surface area contributed by atoms with Crippen molar-refractivity contribution in [2.45, 2.75) is 25.9 Å². The molecule has 90 valence electrons. The summed E-state index contributed by atoms with van der Waals surface area (Å²) in [5.41, 5.74) is 1.40. The van der Waals surface area contributed by atoms with Crippen LogP contribution in [0.15, 0.2) is 24.3 Å². The highest BCUT2D eigenvalue weighted by Gasteiger charge is 2.12. The maximum Gasteiger partial charge on any atom is 0.118 e. The number of benzene rings is 1. The fourth-order valence-electron chi connectivity index (χ4n) is 1.35. The van der Waals surface area contributed by atoms with Crippen LogP contribution in [0.1, 0.15) is 19.4 Å². The first-order chi connectivity index (χ1) is 7.57. The van der Waals surface area contributed by atoms with Gasteiger partial charge in [-0.05, 0) is 38.6 Å². The van der Waals surface area contributed by atoms with E-state index in [1.54, 1.807) is 7.11 Å². The smallest absolute Gasteiger partial charge is 0.118 e. The summed E-state index contributed by atoms with van der Waals surface area (Å²) >= 11 is 0. The maximum absolute atomic E-state index is 5.11. The molecule has 3 heteroatoms. The minimum atomic E-state index is 0.131. The highest BCUT2D eigenvalue weighted by atomic mass is 16.5. The van der Waals surface area contributed by atoms with Crippen molar-refractivity contribution < 1.29 is 4.74 Å². The standard InChI is InChI=1S/C13H22N2O/c1-13(2,14-3)10-15-9-11-5-7-12(16-4)8-6-11/h5-8,14-15H,9-10H2,1-4H3. The number of likely N-dealkylation sites (N-methyl/N-ethyl adjacent to an activating group) is 1. The molecule has 0 saturated carbocycles. The first-order valence-corrected chi connectivity index (χ1v) is 5.60. The van der Waals surface area contributed by atoms with Gasteiger partial charge >= 0.3 is 0 Å². The highest BCUT2D eigenvalue weighted by Crippen LogP contribution is 2.11. The predicted octanol–water partition coefficient (Wildman–Crippen LogP) is 1.78. The molecule has 0 aromatic heterocycles. The molecule has 0 aliphatic carbocycles. The molecule has 1 rings (SSSR count). The van der Waals surface area contributed by atoms with Crippen LogP contribution in [0.5, 0.6) is 5.75 Å². The van der Waals surface area contributed by atoms with Crippen LogP contribution in [0.3, 0.4) is 0 Å². The summed E-state index contributed by atoms with van der Waals surface area (Å²) in [5, 5.41) is 6.69. The lowest BCUT2D eigenvalue weighted by Crippen LogP contribution is -2.45. The third kappa shape index (κ3) is 4.21. The van der Waals surface area contributed by atoms with E-state index in [4.69, 9.17) is 4.74 Å². The van der Waals surface area contributed by atoms with Gasteiger partial charge in [-0.3, -0.25) is 0 Å². The molecule has 0 radical (unpaired) electrons. The Morgan fingerprint density at radius 1 is 1.19 bits per heavy atom. The van der Waals surface area contributed by atoms with E-state index < -0.39 is 0 Å². The Balaban J connectivity index is 2.37. The summed E-state index contributed by atoms with van der Waals surface area (Å²) in [6, 6.07) is 8.14. The summed E-state index contributed by atoms with van der Waals surface area (Å²) in [6.45, 7) is 6.17. The second-order valence-electron chi connectivity index (χ2n) is 4.59. The van der Waals surface area contributed by atoms with Gasteiger partial charge < -0.3 is 15.4 Å². The summed E-state index contributed by atoms with van der Waals surface area (Å²) < 4.78 is 5.11. The van der Waals surface area contributed by atoms with Gasteiger partial charge in [-0.15, -0.1) is 0 Å². The average molecular weight is 222 g/mol. The van der Waals surface area contributed by atoms with E-state index >= 15 is 0 Å². The first kappa shape index (κ1) is 13.0. The van der Waals surface area contributed by atoms with Gasteiger partial charge in [0.15, 0.2) is 0 Å². The molecule has 0 unspecified atom stereocenters. The Morgan fingerprint density at radius 2 is 1.81 bits per heavy atom. The van der Waals surface area contributed by atoms with Crippen LogP contribution in [0.2, 0.25) is 0 Å². The normalized spacial score (nSPS) is 11.5. The molecular weight excluding hydrogens is 200 g/mol. The number of rotatable bonds is 6. The van der Waals surface area contributed by atoms with Crippen molar-refractivity contribution in [1.29, 1.82) is 0 Å². The Labute approximate surface area is 98.2 Å². The second-order valence-corrected chi connectivity index (χ2v) is 4.59. The van der Waals surface area contributed by atoms with Gasteiger partial charge in [-0.2, -0.15) is 0 Å². The highest BCUT2D eigenvalue weighted by molar-refractivity contribution is 5.26. The van der Waals surface area contributed by atoms with Crippen molar-refractivity contribution in [2.75, 3.05) is 20.7 Å². The van der Waals surface area contributed by atoms with Crippen LogP contribution in [0.4, 0.5) is 0 Å². The third-order valence-corrected chi connectivity index (χ3v) is 2.73. The quantitative estimate of drug-likeness (QED) is 0.770. The second kappa shape index (κ2) is 5.87. The van der Waals surface area contributed by atoms with Crippen LogP contribution in [-0.4, -0.2) is 26.2 Å². The van der Waals surface area contributed by atoms with Crippen molar-refractivity contribution in [2.24, 2.45) is 0 Å². The molecule has 0 spiro atoms. The molecule has 0 saturated heterocycles. The van der Waals surface area contributed by atoms with Crippen LogP contribution in [-0.2, 0) is 6.54 Å². The monoisotopic (exact) mass is 222 g/mol. The van der Waals surface area contributed by atoms with Crippen molar-refractivity contribution in [3.8, 4) is 5.75 Å². The van der Waals surface area contributed by atoms with Gasteiger partial charge in [0.25, 0.3) is 0 Å². The van der Waals surface area contributed by atoms with Crippen LogP contribution < -0.4 is 15.4 Å². The van der Waals surface area contributed by atoms with E-state index in [1.807, 2.05) is 19.2 Å². The van der Waals surface area contributed by atoms with Crippen molar-refractivity contribution in [3.05, 3.63) is 29.8 Å². The average Bonchev–Trinajstić information content (AvgIpc) is 2.30. The van der Waals surface area contributed by atoms with Crippen LogP contribution in [0.25, 0.3) is 0 Å². The molecule has 0 aliphatic heterocycles. The molecule has 0 atom stereocenters. The Kier molecular flexibility index (Phi) is 4.77. The molecule has 0 bridgehead atoms. The fourth-order valence-corrected chi connectivity index (χ4v) is 1.35. The molecule has 0 amide bonds. The first-order valence-electron chi connectivity index (χ1n) is 5.60. The number of nitrogens with one attached hydrogen (secondary N) is 2. The van der Waals surface area contributed by atoms with E-state index in [2.05, 4.69) is 36.6 Å². The zero-order valence-corrected chi connectivity index (χ0v) is 10.6. The lowest BCUT2D eigenvalue weighted by molar-refractivity contribution is 0.393. The SMILES string of the molecule is CNC(C)(C)CNCc1ccc(OC)cc1. The van der Waals surface area contributed by atoms with Gasteiger partial charge in [0.05, 0.1) is 7.11 Å². The largest absolute Gasteiger partial charge is 0.497 e. The molecule has 2 N–H and O–H groups in total. The van der Waals surface area contributed by atoms with E-state index in [1.165, 1.54) is 5.56 Å². The molecule has 1 aromatic carbocycles. The van der Waals surface area contributed by atoms with Crippen molar-refractivity contribution in [3.63, 3.8) is 0 Å². The van der Waals surface area contributed by atoms with Gasteiger partial charge in [-0.25, -0.2) is 0 Å². The summed E-state index contributed by atoms with van der Waals surface area (Å²) in [7, 11) is 3.66. The molecule has 0 fully saturated rings. The summed E-state index contributed by atoms with van der Waals surface area (Å²) in [5.74, 6) is 0.902. The lowest BCUT2D eigenvalue weighted by atomic mass is 10.1. The number of ether oxygens (including phenoxy) is 1. The van der Waals surface area contributed by atoms with Gasteiger partial charge in [0, 0.05) is 18.6 Å². The predicted molar refractivity (Wildman–Crippen MR) is 67.8 cm³/mol. The minimum absolute atomic E-state index is 0.131. The molecular formula is C13H22N2O. The van der Waals surface area contributed by atoms with Crippen LogP contribution >= 0.6 is 0 Å². The number of methoxy groups -OCH3 is 1. The Hall–Kier alpha value is -1.06. The van der Waals surface area contributed by atoms with E-state index in [9.17, 15) is 0 Å². The number of hydrogen-bond acceptors (Lipinski definition) is 3. The topological polar surface area (TPSA) is 33.3 Å². The summed E-state index contributed by atoms with van der Waals surface area (Å²) in [4.78, 5) is 0. The maximum atomic E-state index is 5.11. The lowest BCUT2D eigenvalue weighted by Gasteiger charge is -2.24. The zero-order chi connectivity index (χ0) is 12.0. The Bertz CT molecular complexity index is 306. The minimum Gasteiger partial charge on any atom is -0.497 e. The van der Waals surface area contributed by atoms with E-state index in [0.29, 0.717) is 0 Å². The van der Waals surface area contributed by atoms with Crippen molar-refractivity contribution >= 4 is 0 Å². The van der Waals surface area contributed by atoms with E-state index in [0.717, 1.165) is 18.8 Å². The van der Waals surface area contributed by atoms with Crippen LogP contribution in [0, 0.1) is 0 Å². The molecule has 1 aromatic rings. The van der Waals surface area contributed by atoms with E-state index in [-0.39, 0.29) is 5.54 Å². The van der Waals surface area contributed by atoms with Gasteiger partial charge in [0.2, 0.25) is 0 Å². The fraction of sp³-hybridized carbons (Fsp3) is 0.538. The number of hydrogen-bond donors (Lipinski definition) is 2. The van der Waals surface area contributed by atoms with Crippen molar-refractivity contribution in [1.82, 2.24) is 10.6 Å². The molecule has 0 heterocycles. The summed E-state index contributed by atoms with van der Waals surface area (Å²) in [6.07, 6.45) is 0. The van der Waals surface area contributed by atoms with Gasteiger partial charge in [-0.1, -0.05) is 12.1 Å². The molecule has 16 heavy (non-hydrogen) atoms. The Morgan fingerprint density at radius 3 is 2.31 bits per heavy atom.